The Kier molecular flexibility index (Phi) is 14.8. The van der Waals surface area contributed by atoms with Crippen LogP contribution in [-0.4, -0.2) is 59.0 Å². The molecule has 143 valence electrons. The summed E-state index contributed by atoms with van der Waals surface area (Å²) in [6.45, 7) is 20.3. The Balaban J connectivity index is -0.000000295. The van der Waals surface area contributed by atoms with Gasteiger partial charge in [-0.3, -0.25) is 13.1 Å². The Labute approximate surface area is 157 Å². The topological polar surface area (TPSA) is 78.5 Å². The molecule has 0 saturated carbocycles. The van der Waals surface area contributed by atoms with Crippen LogP contribution >= 0.6 is 0 Å². The van der Waals surface area contributed by atoms with Gasteiger partial charge in [0.25, 0.3) is 0 Å². The number of nitroso groups, excluding NO2 is 1. The summed E-state index contributed by atoms with van der Waals surface area (Å²) in [5.41, 5.74) is 6.17. The van der Waals surface area contributed by atoms with Crippen molar-refractivity contribution in [3.63, 3.8) is 0 Å². The van der Waals surface area contributed by atoms with E-state index in [0.717, 1.165) is 13.1 Å². The zero-order valence-electron chi connectivity index (χ0n) is 15.6. The predicted molar refractivity (Wildman–Crippen MR) is 95.0 cm³/mol. The van der Waals surface area contributed by atoms with Crippen LogP contribution in [0, 0.1) is 11.6 Å². The molecule has 0 aliphatic carbocycles. The zero-order valence-corrected chi connectivity index (χ0v) is 16.7. The second kappa shape index (κ2) is 12.9. The van der Waals surface area contributed by atoms with E-state index in [2.05, 4.69) is 82.3 Å². The van der Waals surface area contributed by atoms with Crippen LogP contribution in [0.25, 0.3) is 5.59 Å². The molecular weight excluding hydrogens is 353 g/mol. The molecule has 0 saturated heterocycles. The van der Waals surface area contributed by atoms with Gasteiger partial charge < -0.3 is 35.0 Å². The summed E-state index contributed by atoms with van der Waals surface area (Å²) in [6, 6.07) is 0. The van der Waals surface area contributed by atoms with E-state index in [-0.39, 0.29) is 27.9 Å². The van der Waals surface area contributed by atoms with E-state index >= 15 is 0 Å². The number of aliphatic imine (C=N–C) groups is 1. The van der Waals surface area contributed by atoms with Crippen molar-refractivity contribution in [2.75, 3.05) is 20.1 Å². The second-order valence-corrected chi connectivity index (χ2v) is 6.96. The molecule has 0 aromatic carbocycles. The van der Waals surface area contributed by atoms with Crippen LogP contribution in [0.2, 0.25) is 0 Å². The third-order valence-electron chi connectivity index (χ3n) is 2.98. The molecule has 0 fully saturated rings. The first-order valence-corrected chi connectivity index (χ1v) is 7.26. The molecule has 0 atom stereocenters. The van der Waals surface area contributed by atoms with Gasteiger partial charge in [0.05, 0.1) is 0 Å². The molecule has 2 heterocycles. The molecule has 0 amide bonds. The summed E-state index contributed by atoms with van der Waals surface area (Å²) >= 11 is 0. The summed E-state index contributed by atoms with van der Waals surface area (Å²) < 4.78 is 0. The Bertz CT molecular complexity index is 376. The average molecular weight is 382 g/mol. The first-order chi connectivity index (χ1) is 10.6. The first-order valence-electron chi connectivity index (χ1n) is 7.26. The summed E-state index contributed by atoms with van der Waals surface area (Å²) in [7, 11) is 2.03. The van der Waals surface area contributed by atoms with E-state index in [1.807, 2.05) is 18.1 Å². The van der Waals surface area contributed by atoms with Crippen LogP contribution in [0.4, 0.5) is 0 Å². The first kappa shape index (κ1) is 27.4. The normalized spacial score (nSPS) is 15.4. The Morgan fingerprint density at radius 3 is 1.75 bits per heavy atom. The SMILES string of the molecule is CC(C)(C)N1[C-]=NCC1.CN1C=CN(C(C)(C)C)[CH-]1.[CH-]=O.[Co].[N-]=O. The predicted octanol–water partition coefficient (Wildman–Crippen LogP) is 2.67. The molecule has 2 aliphatic heterocycles. The van der Waals surface area contributed by atoms with E-state index in [1.54, 1.807) is 0 Å². The van der Waals surface area contributed by atoms with E-state index < -0.39 is 0 Å². The maximum Gasteiger partial charge on any atom is 0.0166 e. The molecule has 2 rings (SSSR count). The van der Waals surface area contributed by atoms with E-state index in [9.17, 15) is 0 Å². The molecule has 2 aliphatic rings. The minimum absolute atomic E-state index is 0. The second-order valence-electron chi connectivity index (χ2n) is 6.96. The molecule has 1 radical (unpaired) electrons. The molecular formula is C16H29CoN5O2-4. The van der Waals surface area contributed by atoms with E-state index in [4.69, 9.17) is 15.3 Å². The number of nitrogens with zero attached hydrogens (tertiary/aromatic N) is 5. The van der Waals surface area contributed by atoms with Crippen LogP contribution in [0.3, 0.4) is 0 Å². The van der Waals surface area contributed by atoms with Crippen molar-refractivity contribution >= 4 is 13.1 Å². The fourth-order valence-corrected chi connectivity index (χ4v) is 1.67. The van der Waals surface area contributed by atoms with Gasteiger partial charge in [0.1, 0.15) is 0 Å². The Morgan fingerprint density at radius 1 is 1.08 bits per heavy atom. The number of carbonyl (C=O) groups excluding carboxylic acids is 1. The monoisotopic (exact) mass is 382 g/mol. The maximum atomic E-state index is 7.75. The van der Waals surface area contributed by atoms with Gasteiger partial charge in [-0.15, -0.1) is 0 Å². The third-order valence-corrected chi connectivity index (χ3v) is 2.98. The van der Waals surface area contributed by atoms with Gasteiger partial charge in [0.2, 0.25) is 0 Å². The minimum Gasteiger partial charge on any atom is -0.577 e. The molecule has 0 bridgehead atoms. The van der Waals surface area contributed by atoms with Crippen molar-refractivity contribution in [2.45, 2.75) is 52.6 Å². The summed E-state index contributed by atoms with van der Waals surface area (Å²) in [5, 5.41) is 0. The molecule has 8 heteroatoms. The fourth-order valence-electron chi connectivity index (χ4n) is 1.67. The number of rotatable bonds is 0. The Hall–Kier alpha value is -1.41. The van der Waals surface area contributed by atoms with Crippen molar-refractivity contribution in [1.29, 1.82) is 0 Å². The molecule has 0 N–H and O–H groups in total. The van der Waals surface area contributed by atoms with E-state index in [0.29, 0.717) is 0 Å². The van der Waals surface area contributed by atoms with Crippen molar-refractivity contribution in [1.82, 2.24) is 14.7 Å². The van der Waals surface area contributed by atoms with Gasteiger partial charge in [0.15, 0.2) is 0 Å². The van der Waals surface area contributed by atoms with Gasteiger partial charge in [-0.05, 0) is 61.0 Å². The molecule has 24 heavy (non-hydrogen) atoms. The fraction of sp³-hybridized carbons (Fsp3) is 0.688. The van der Waals surface area contributed by atoms with Crippen molar-refractivity contribution in [3.8, 4) is 0 Å². The van der Waals surface area contributed by atoms with Gasteiger partial charge in [0, 0.05) is 40.9 Å². The van der Waals surface area contributed by atoms with Gasteiger partial charge >= 0.3 is 0 Å². The van der Waals surface area contributed by atoms with Gasteiger partial charge in [-0.1, -0.05) is 0 Å². The van der Waals surface area contributed by atoms with Gasteiger partial charge in [-0.25, -0.2) is 0 Å². The zero-order chi connectivity index (χ0) is 18.7. The van der Waals surface area contributed by atoms with Crippen molar-refractivity contribution in [3.05, 3.63) is 29.6 Å². The summed E-state index contributed by atoms with van der Waals surface area (Å²) in [6.07, 6.45) is 7.09. The van der Waals surface area contributed by atoms with Crippen molar-refractivity contribution in [2.24, 2.45) is 4.99 Å². The third kappa shape index (κ3) is 11.2. The largest absolute Gasteiger partial charge is 0.577 e. The average Bonchev–Trinajstić information content (AvgIpc) is 3.13. The quantitative estimate of drug-likeness (QED) is 0.475. The molecule has 0 aromatic heterocycles. The van der Waals surface area contributed by atoms with Crippen LogP contribution in [-0.2, 0) is 21.6 Å². The van der Waals surface area contributed by atoms with Crippen molar-refractivity contribution < 1.29 is 21.6 Å². The number of hydrogen-bond donors (Lipinski definition) is 0. The van der Waals surface area contributed by atoms with Gasteiger partial charge in [-0.2, -0.15) is 6.67 Å². The van der Waals surface area contributed by atoms with E-state index in [1.165, 1.54) is 0 Å². The van der Waals surface area contributed by atoms with Crippen LogP contribution in [0.5, 0.6) is 0 Å². The molecule has 0 spiro atoms. The maximum absolute atomic E-state index is 7.75. The Morgan fingerprint density at radius 2 is 1.58 bits per heavy atom. The smallest absolute Gasteiger partial charge is 0.0166 e. The molecule has 0 unspecified atom stereocenters. The van der Waals surface area contributed by atoms with Crippen LogP contribution in [0.15, 0.2) is 17.4 Å². The van der Waals surface area contributed by atoms with Crippen LogP contribution in [0.1, 0.15) is 41.5 Å². The molecule has 7 nitrogen and oxygen atoms in total. The van der Waals surface area contributed by atoms with Crippen LogP contribution < -0.4 is 0 Å². The summed E-state index contributed by atoms with van der Waals surface area (Å²) in [5.74, 6) is 0. The minimum atomic E-state index is 0. The number of hydrogen-bond acceptors (Lipinski definition) is 6. The standard InChI is InChI=1S/C8H15N2.C7H13N2.CHO.Co.NO/c1-8(2,3)10-6-5-9(4)7-10;1-7(2,3)9-5-4-8-6-9;1-2;;1-2/h5-7H,1-4H3;4-5H2,1-3H3;1H;;/q3*-1;;-1. The molecule has 0 aromatic rings. The summed E-state index contributed by atoms with van der Waals surface area (Å²) in [4.78, 5) is 25.4.